The number of carbonyl (C=O) groups excluding carboxylic acids is 2. The number of H-pyrrole nitrogens is 1. The molecule has 3 amide bonds. The van der Waals surface area contributed by atoms with Crippen molar-refractivity contribution < 1.29 is 19.5 Å². The number of quaternary nitrogens is 1. The number of piperazine rings is 1. The number of urea groups is 1. The highest BCUT2D eigenvalue weighted by atomic mass is 16.2. The van der Waals surface area contributed by atoms with Gasteiger partial charge in [-0.1, -0.05) is 50.2 Å². The lowest BCUT2D eigenvalue weighted by Gasteiger charge is -2.31. The van der Waals surface area contributed by atoms with Gasteiger partial charge in [-0.25, -0.2) is 14.7 Å². The van der Waals surface area contributed by atoms with E-state index in [1.807, 2.05) is 48.7 Å². The van der Waals surface area contributed by atoms with Gasteiger partial charge in [-0.15, -0.1) is 0 Å². The summed E-state index contributed by atoms with van der Waals surface area (Å²) in [6.07, 6.45) is 2.52. The molecule has 7 nitrogen and oxygen atoms in total. The van der Waals surface area contributed by atoms with Gasteiger partial charge in [0.1, 0.15) is 31.7 Å². The number of rotatable bonds is 6. The molecule has 0 radical (unpaired) electrons. The molecule has 7 heteroatoms. The molecule has 30 heavy (non-hydrogen) atoms. The quantitative estimate of drug-likeness (QED) is 0.689. The molecule has 2 aromatic rings. The molecule has 0 unspecified atom stereocenters. The van der Waals surface area contributed by atoms with Crippen LogP contribution in [0.1, 0.15) is 25.8 Å². The number of hydrogen-bond donors (Lipinski definition) is 2. The van der Waals surface area contributed by atoms with Crippen molar-refractivity contribution in [2.24, 2.45) is 5.92 Å². The maximum absolute atomic E-state index is 13.5. The lowest BCUT2D eigenvalue weighted by Crippen LogP contribution is -3.16. The summed E-state index contributed by atoms with van der Waals surface area (Å²) in [7, 11) is 0. The first-order valence-electron chi connectivity index (χ1n) is 10.7. The normalized spacial score (nSPS) is 22.6. The van der Waals surface area contributed by atoms with Crippen LogP contribution in [0.4, 0.5) is 10.6 Å². The average Bonchev–Trinajstić information content (AvgIpc) is 3.00. The van der Waals surface area contributed by atoms with E-state index in [9.17, 15) is 9.59 Å². The number of nitrogens with zero attached hydrogens (tertiary/aromatic N) is 2. The molecule has 2 saturated heterocycles. The second-order valence-electron chi connectivity index (χ2n) is 8.68. The van der Waals surface area contributed by atoms with Crippen LogP contribution in [-0.2, 0) is 10.3 Å². The van der Waals surface area contributed by atoms with Crippen LogP contribution >= 0.6 is 0 Å². The number of benzene rings is 1. The lowest BCUT2D eigenvalue weighted by atomic mass is 9.82. The number of pyridine rings is 1. The van der Waals surface area contributed by atoms with Crippen LogP contribution in [0.25, 0.3) is 0 Å². The van der Waals surface area contributed by atoms with Gasteiger partial charge in [0.15, 0.2) is 6.67 Å². The monoisotopic (exact) mass is 409 g/mol. The number of amides is 3. The third kappa shape index (κ3) is 3.89. The molecule has 0 spiro atoms. The number of nitrogens with one attached hydrogen (secondary N) is 3. The minimum Gasteiger partial charge on any atom is -0.319 e. The van der Waals surface area contributed by atoms with E-state index in [0.717, 1.165) is 37.6 Å². The molecule has 4 rings (SSSR count). The van der Waals surface area contributed by atoms with Gasteiger partial charge in [0, 0.05) is 6.07 Å². The predicted octanol–water partition coefficient (Wildman–Crippen LogP) is 0.657. The number of hydrogen-bond acceptors (Lipinski definition) is 3. The van der Waals surface area contributed by atoms with Gasteiger partial charge in [-0.3, -0.25) is 9.69 Å². The van der Waals surface area contributed by atoms with Crippen LogP contribution in [0.3, 0.4) is 0 Å². The second kappa shape index (κ2) is 8.44. The molecule has 3 heterocycles. The molecule has 2 aliphatic rings. The van der Waals surface area contributed by atoms with Gasteiger partial charge >= 0.3 is 6.03 Å². The maximum Gasteiger partial charge on any atom is 0.329 e. The van der Waals surface area contributed by atoms with Crippen LogP contribution in [0.15, 0.2) is 54.7 Å². The second-order valence-corrected chi connectivity index (χ2v) is 8.68. The standard InChI is InChI=1S/C23H29N5O2/c1-18(2)16-23(19-8-4-3-5-9-19)21(29)28(22(30)25-23)17-26-12-14-27(15-13-26)20-10-6-7-11-24-20/h3-11,18H,12-17H2,1-2H3,(H,25,30)/p+2/t23-/m0/s1. The number of imide groups is 1. The van der Waals surface area contributed by atoms with Crippen molar-refractivity contribution in [2.45, 2.75) is 25.8 Å². The van der Waals surface area contributed by atoms with Crippen molar-refractivity contribution in [3.63, 3.8) is 0 Å². The van der Waals surface area contributed by atoms with Crippen LogP contribution in [0, 0.1) is 5.92 Å². The topological polar surface area (TPSA) is 71.2 Å². The maximum atomic E-state index is 13.5. The Labute approximate surface area is 177 Å². The van der Waals surface area contributed by atoms with Gasteiger partial charge in [0.05, 0.1) is 6.20 Å². The summed E-state index contributed by atoms with van der Waals surface area (Å²) in [6.45, 7) is 8.09. The van der Waals surface area contributed by atoms with Gasteiger partial charge in [0.25, 0.3) is 11.7 Å². The molecule has 1 aromatic heterocycles. The van der Waals surface area contributed by atoms with Crippen LogP contribution in [-0.4, -0.2) is 49.7 Å². The van der Waals surface area contributed by atoms with E-state index >= 15 is 0 Å². The van der Waals surface area contributed by atoms with E-state index in [0.29, 0.717) is 13.1 Å². The summed E-state index contributed by atoms with van der Waals surface area (Å²) >= 11 is 0. The van der Waals surface area contributed by atoms with Crippen molar-refractivity contribution in [1.82, 2.24) is 10.2 Å². The van der Waals surface area contributed by atoms with E-state index in [1.54, 1.807) is 0 Å². The number of aromatic amines is 1. The molecule has 3 N–H and O–H groups in total. The fourth-order valence-electron chi connectivity index (χ4n) is 4.58. The van der Waals surface area contributed by atoms with Gasteiger partial charge in [0.2, 0.25) is 0 Å². The van der Waals surface area contributed by atoms with Gasteiger partial charge in [-0.2, -0.15) is 0 Å². The minimum atomic E-state index is -0.966. The Morgan fingerprint density at radius 1 is 1.07 bits per heavy atom. The Kier molecular flexibility index (Phi) is 5.72. The van der Waals surface area contributed by atoms with Crippen LogP contribution in [0.5, 0.6) is 0 Å². The first-order chi connectivity index (χ1) is 14.5. The molecular formula is C23H31N5O2+2. The summed E-state index contributed by atoms with van der Waals surface area (Å²) < 4.78 is 0. The summed E-state index contributed by atoms with van der Waals surface area (Å²) in [6, 6.07) is 15.4. The molecular weight excluding hydrogens is 378 g/mol. The molecule has 1 atom stereocenters. The SMILES string of the molecule is CC(C)C[C@@]1(c2ccccc2)NC(=O)N(C[NH+]2CCN(c3cccc[nH+]3)CC2)C1=O. The smallest absolute Gasteiger partial charge is 0.319 e. The Balaban J connectivity index is 1.46. The highest BCUT2D eigenvalue weighted by Gasteiger charge is 2.53. The Hall–Kier alpha value is -2.93. The Bertz CT molecular complexity index is 881. The highest BCUT2D eigenvalue weighted by Crippen LogP contribution is 2.34. The van der Waals surface area contributed by atoms with E-state index in [1.165, 1.54) is 9.80 Å². The van der Waals surface area contributed by atoms with E-state index in [-0.39, 0.29) is 17.9 Å². The zero-order valence-corrected chi connectivity index (χ0v) is 17.7. The molecule has 2 fully saturated rings. The molecule has 0 saturated carbocycles. The third-order valence-electron chi connectivity index (χ3n) is 6.04. The predicted molar refractivity (Wildman–Crippen MR) is 114 cm³/mol. The van der Waals surface area contributed by atoms with E-state index < -0.39 is 5.54 Å². The largest absolute Gasteiger partial charge is 0.329 e. The number of anilines is 1. The molecule has 2 aliphatic heterocycles. The molecule has 0 aliphatic carbocycles. The Morgan fingerprint density at radius 2 is 1.77 bits per heavy atom. The molecule has 1 aromatic carbocycles. The fourth-order valence-corrected chi connectivity index (χ4v) is 4.58. The lowest BCUT2D eigenvalue weighted by molar-refractivity contribution is -0.908. The van der Waals surface area contributed by atoms with Gasteiger partial charge in [-0.05, 0) is 24.0 Å². The van der Waals surface area contributed by atoms with Crippen molar-refractivity contribution in [1.29, 1.82) is 0 Å². The van der Waals surface area contributed by atoms with Crippen molar-refractivity contribution in [3.05, 3.63) is 60.3 Å². The Morgan fingerprint density at radius 3 is 2.40 bits per heavy atom. The van der Waals surface area contributed by atoms with Gasteiger partial charge < -0.3 is 10.2 Å². The van der Waals surface area contributed by atoms with Crippen molar-refractivity contribution >= 4 is 17.8 Å². The fraction of sp³-hybridized carbons (Fsp3) is 0.435. The summed E-state index contributed by atoms with van der Waals surface area (Å²) in [5, 5.41) is 3.05. The minimum absolute atomic E-state index is 0.126. The first kappa shape index (κ1) is 20.3. The first-order valence-corrected chi connectivity index (χ1v) is 10.7. The van der Waals surface area contributed by atoms with Crippen molar-refractivity contribution in [2.75, 3.05) is 37.7 Å². The molecule has 0 bridgehead atoms. The summed E-state index contributed by atoms with van der Waals surface area (Å²) in [5.41, 5.74) is -0.105. The van der Waals surface area contributed by atoms with Crippen molar-refractivity contribution in [3.8, 4) is 0 Å². The average molecular weight is 410 g/mol. The summed E-state index contributed by atoms with van der Waals surface area (Å²) in [4.78, 5) is 34.7. The van der Waals surface area contributed by atoms with E-state index in [4.69, 9.17) is 0 Å². The molecule has 158 valence electrons. The highest BCUT2D eigenvalue weighted by molar-refractivity contribution is 6.07. The number of aromatic nitrogens is 1. The van der Waals surface area contributed by atoms with Crippen LogP contribution < -0.4 is 20.1 Å². The zero-order valence-electron chi connectivity index (χ0n) is 17.7. The summed E-state index contributed by atoms with van der Waals surface area (Å²) in [5.74, 6) is 1.25. The zero-order chi connectivity index (χ0) is 21.1. The van der Waals surface area contributed by atoms with Crippen LogP contribution in [0.2, 0.25) is 0 Å². The number of carbonyl (C=O) groups is 2. The third-order valence-corrected chi connectivity index (χ3v) is 6.04. The van der Waals surface area contributed by atoms with E-state index in [2.05, 4.69) is 35.1 Å².